The fourth-order valence-electron chi connectivity index (χ4n) is 3.15. The van der Waals surface area contributed by atoms with Gasteiger partial charge < -0.3 is 11.1 Å². The monoisotopic (exact) mass is 344 g/mol. The number of aromatic nitrogens is 1. The van der Waals surface area contributed by atoms with Crippen LogP contribution in [0.5, 0.6) is 0 Å². The molecule has 0 aliphatic carbocycles. The Kier molecular flexibility index (Phi) is 5.33. The van der Waals surface area contributed by atoms with E-state index in [1.54, 1.807) is 6.07 Å². The molecule has 1 aromatic carbocycles. The topological polar surface area (TPSA) is 71.2 Å². The van der Waals surface area contributed by atoms with Gasteiger partial charge in [0.15, 0.2) is 0 Å². The van der Waals surface area contributed by atoms with E-state index in [-0.39, 0.29) is 0 Å². The number of hydrogen-bond acceptors (Lipinski definition) is 4. The van der Waals surface area contributed by atoms with E-state index < -0.39 is 5.91 Å². The van der Waals surface area contributed by atoms with E-state index in [2.05, 4.69) is 39.5 Å². The van der Waals surface area contributed by atoms with Crippen LogP contribution in [0.3, 0.4) is 0 Å². The normalized spacial score (nSPS) is 17.8. The summed E-state index contributed by atoms with van der Waals surface area (Å²) < 4.78 is 0. The van der Waals surface area contributed by atoms with Gasteiger partial charge in [0.1, 0.15) is 5.15 Å². The van der Waals surface area contributed by atoms with Crippen molar-refractivity contribution in [2.75, 3.05) is 18.4 Å². The van der Waals surface area contributed by atoms with E-state index in [1.807, 2.05) is 6.07 Å². The number of halogens is 1. The second kappa shape index (κ2) is 7.64. The Morgan fingerprint density at radius 2 is 2.17 bits per heavy atom. The predicted octanol–water partition coefficient (Wildman–Crippen LogP) is 2.91. The number of nitrogens with zero attached hydrogens (tertiary/aromatic N) is 2. The molecular weight excluding hydrogens is 324 g/mol. The van der Waals surface area contributed by atoms with Crippen LogP contribution in [-0.4, -0.2) is 34.9 Å². The van der Waals surface area contributed by atoms with Crippen molar-refractivity contribution in [1.29, 1.82) is 0 Å². The molecule has 0 radical (unpaired) electrons. The third-order valence-corrected chi connectivity index (χ3v) is 4.60. The molecule has 3 rings (SSSR count). The molecule has 1 aliphatic heterocycles. The zero-order valence-corrected chi connectivity index (χ0v) is 14.2. The Morgan fingerprint density at radius 1 is 1.38 bits per heavy atom. The highest BCUT2D eigenvalue weighted by Gasteiger charge is 2.24. The number of likely N-dealkylation sites (tertiary alicyclic amines) is 1. The molecule has 1 unspecified atom stereocenters. The van der Waals surface area contributed by atoms with Crippen molar-refractivity contribution < 1.29 is 4.79 Å². The van der Waals surface area contributed by atoms with Crippen LogP contribution in [-0.2, 0) is 6.54 Å². The second-order valence-corrected chi connectivity index (χ2v) is 6.44. The highest BCUT2D eigenvalue weighted by atomic mass is 35.5. The van der Waals surface area contributed by atoms with E-state index >= 15 is 0 Å². The van der Waals surface area contributed by atoms with Crippen LogP contribution in [0.15, 0.2) is 42.6 Å². The lowest BCUT2D eigenvalue weighted by Gasteiger charge is -2.25. The molecule has 1 fully saturated rings. The molecule has 1 atom stereocenters. The zero-order valence-electron chi connectivity index (χ0n) is 13.4. The van der Waals surface area contributed by atoms with Crippen LogP contribution in [0, 0.1) is 0 Å². The van der Waals surface area contributed by atoms with Gasteiger partial charge in [-0.05, 0) is 31.0 Å². The second-order valence-electron chi connectivity index (χ2n) is 6.05. The number of primary amides is 1. The van der Waals surface area contributed by atoms with Crippen molar-refractivity contribution in [1.82, 2.24) is 9.88 Å². The van der Waals surface area contributed by atoms with E-state index in [4.69, 9.17) is 17.3 Å². The summed E-state index contributed by atoms with van der Waals surface area (Å²) in [4.78, 5) is 17.9. The Bertz CT molecular complexity index is 707. The average molecular weight is 345 g/mol. The average Bonchev–Trinajstić information content (AvgIpc) is 3.00. The minimum atomic E-state index is -0.505. The summed E-state index contributed by atoms with van der Waals surface area (Å²) >= 11 is 5.94. The van der Waals surface area contributed by atoms with Crippen molar-refractivity contribution in [3.63, 3.8) is 0 Å². The summed E-state index contributed by atoms with van der Waals surface area (Å²) in [7, 11) is 0. The standard InChI is InChI=1S/C18H21ClN4O/c19-17-9-16(15(11-22-17)18(20)24)21-10-14-7-4-8-23(14)12-13-5-2-1-3-6-13/h1-3,5-6,9,11,14H,4,7-8,10,12H2,(H2,20,24)(H,21,22). The number of benzene rings is 1. The first-order valence-corrected chi connectivity index (χ1v) is 8.48. The molecule has 0 saturated carbocycles. The molecule has 24 heavy (non-hydrogen) atoms. The van der Waals surface area contributed by atoms with E-state index in [0.29, 0.717) is 22.4 Å². The molecule has 0 bridgehead atoms. The number of amides is 1. The fourth-order valence-corrected chi connectivity index (χ4v) is 3.31. The molecule has 1 aliphatic rings. The van der Waals surface area contributed by atoms with Crippen molar-refractivity contribution in [3.8, 4) is 0 Å². The van der Waals surface area contributed by atoms with Crippen LogP contribution in [0.25, 0.3) is 0 Å². The van der Waals surface area contributed by atoms with Crippen molar-refractivity contribution in [3.05, 3.63) is 58.9 Å². The van der Waals surface area contributed by atoms with Gasteiger partial charge in [0.2, 0.25) is 0 Å². The number of nitrogens with two attached hydrogens (primary N) is 1. The number of anilines is 1. The number of rotatable bonds is 6. The van der Waals surface area contributed by atoms with Gasteiger partial charge in [-0.15, -0.1) is 0 Å². The maximum absolute atomic E-state index is 11.5. The summed E-state index contributed by atoms with van der Waals surface area (Å²) in [6.07, 6.45) is 3.73. The Hall–Kier alpha value is -2.11. The van der Waals surface area contributed by atoms with E-state index in [0.717, 1.165) is 26.1 Å². The molecule has 6 heteroatoms. The Balaban J connectivity index is 1.65. The largest absolute Gasteiger partial charge is 0.383 e. The lowest BCUT2D eigenvalue weighted by molar-refractivity contribution is 0.100. The molecular formula is C18H21ClN4O. The molecule has 1 aromatic heterocycles. The van der Waals surface area contributed by atoms with E-state index in [1.165, 1.54) is 18.2 Å². The number of pyridine rings is 1. The van der Waals surface area contributed by atoms with Gasteiger partial charge in [-0.3, -0.25) is 9.69 Å². The summed E-state index contributed by atoms with van der Waals surface area (Å²) in [5, 5.41) is 3.67. The van der Waals surface area contributed by atoms with Gasteiger partial charge in [0.25, 0.3) is 5.91 Å². The highest BCUT2D eigenvalue weighted by Crippen LogP contribution is 2.23. The zero-order chi connectivity index (χ0) is 16.9. The third kappa shape index (κ3) is 4.04. The summed E-state index contributed by atoms with van der Waals surface area (Å²) in [5.41, 5.74) is 7.73. The maximum Gasteiger partial charge on any atom is 0.252 e. The SMILES string of the molecule is NC(=O)c1cnc(Cl)cc1NCC1CCCN1Cc1ccccc1. The first kappa shape index (κ1) is 16.7. The number of carbonyl (C=O) groups excluding carboxylic acids is 1. The number of nitrogens with one attached hydrogen (secondary N) is 1. The molecule has 2 aromatic rings. The maximum atomic E-state index is 11.5. The Morgan fingerprint density at radius 3 is 2.92 bits per heavy atom. The predicted molar refractivity (Wildman–Crippen MR) is 96.1 cm³/mol. The van der Waals surface area contributed by atoms with Crippen molar-refractivity contribution >= 4 is 23.2 Å². The molecule has 5 nitrogen and oxygen atoms in total. The highest BCUT2D eigenvalue weighted by molar-refractivity contribution is 6.29. The van der Waals surface area contributed by atoms with Gasteiger partial charge in [-0.25, -0.2) is 4.98 Å². The van der Waals surface area contributed by atoms with Crippen LogP contribution >= 0.6 is 11.6 Å². The molecule has 0 spiro atoms. The number of hydrogen-bond donors (Lipinski definition) is 2. The smallest absolute Gasteiger partial charge is 0.252 e. The van der Waals surface area contributed by atoms with Gasteiger partial charge in [0, 0.05) is 25.3 Å². The van der Waals surface area contributed by atoms with Crippen LogP contribution in [0.2, 0.25) is 5.15 Å². The van der Waals surface area contributed by atoms with Gasteiger partial charge >= 0.3 is 0 Å². The van der Waals surface area contributed by atoms with Gasteiger partial charge in [0.05, 0.1) is 11.3 Å². The first-order valence-electron chi connectivity index (χ1n) is 8.10. The van der Waals surface area contributed by atoms with Gasteiger partial charge in [-0.1, -0.05) is 41.9 Å². The molecule has 1 amide bonds. The van der Waals surface area contributed by atoms with E-state index in [9.17, 15) is 4.79 Å². The molecule has 126 valence electrons. The van der Waals surface area contributed by atoms with Crippen LogP contribution in [0.4, 0.5) is 5.69 Å². The summed E-state index contributed by atoms with van der Waals surface area (Å²) in [5.74, 6) is -0.505. The lowest BCUT2D eigenvalue weighted by atomic mass is 10.1. The lowest BCUT2D eigenvalue weighted by Crippen LogP contribution is -2.34. The third-order valence-electron chi connectivity index (χ3n) is 4.39. The quantitative estimate of drug-likeness (QED) is 0.790. The van der Waals surface area contributed by atoms with Crippen LogP contribution in [0.1, 0.15) is 28.8 Å². The first-order chi connectivity index (χ1) is 11.6. The van der Waals surface area contributed by atoms with Crippen LogP contribution < -0.4 is 11.1 Å². The van der Waals surface area contributed by atoms with Gasteiger partial charge in [-0.2, -0.15) is 0 Å². The van der Waals surface area contributed by atoms with Crippen molar-refractivity contribution in [2.45, 2.75) is 25.4 Å². The molecule has 3 N–H and O–H groups in total. The summed E-state index contributed by atoms with van der Waals surface area (Å²) in [6.45, 7) is 2.77. The van der Waals surface area contributed by atoms with Crippen molar-refractivity contribution in [2.24, 2.45) is 5.73 Å². The molecule has 1 saturated heterocycles. The minimum absolute atomic E-state index is 0.343. The summed E-state index contributed by atoms with van der Waals surface area (Å²) in [6, 6.07) is 12.5. The molecule has 2 heterocycles. The minimum Gasteiger partial charge on any atom is -0.383 e. The number of carbonyl (C=O) groups is 1. The fraction of sp³-hybridized carbons (Fsp3) is 0.333. The Labute approximate surface area is 146 Å².